The molecule has 0 bridgehead atoms. The summed E-state index contributed by atoms with van der Waals surface area (Å²) in [5.41, 5.74) is 0.379. The quantitative estimate of drug-likeness (QED) is 0.551. The molecular weight excluding hydrogens is 268 g/mol. The van der Waals surface area contributed by atoms with Gasteiger partial charge in [0.15, 0.2) is 0 Å². The molecular formula is C17H26O4. The largest absolute Gasteiger partial charge is 0.478 e. The molecule has 5 atom stereocenters. The second kappa shape index (κ2) is 5.58. The Labute approximate surface area is 126 Å². The molecule has 4 heteroatoms. The molecule has 4 nitrogen and oxygen atoms in total. The predicted molar refractivity (Wildman–Crippen MR) is 80.7 cm³/mol. The highest BCUT2D eigenvalue weighted by Crippen LogP contribution is 2.61. The molecule has 0 aliphatic heterocycles. The van der Waals surface area contributed by atoms with E-state index in [-0.39, 0.29) is 23.9 Å². The molecule has 2 saturated carbocycles. The summed E-state index contributed by atoms with van der Waals surface area (Å²) in [4.78, 5) is 10.9. The molecule has 3 N–H and O–H groups in total. The first-order chi connectivity index (χ1) is 9.75. The van der Waals surface area contributed by atoms with E-state index >= 15 is 0 Å². The molecule has 2 fully saturated rings. The lowest BCUT2D eigenvalue weighted by molar-refractivity contribution is -0.146. The molecule has 21 heavy (non-hydrogen) atoms. The van der Waals surface area contributed by atoms with Crippen LogP contribution in [0.5, 0.6) is 0 Å². The molecule has 0 saturated heterocycles. The van der Waals surface area contributed by atoms with Crippen LogP contribution in [0, 0.1) is 22.7 Å². The third kappa shape index (κ3) is 2.55. The standard InChI is InChI=1S/C17H26O4/c1-11-4-6-13-16(2,12(11)5-7-15(20)21)9-8-14(19)17(13,3)10-18/h5,7,12-14,18-19H,1,4,6,8-10H2,2-3H3,(H,20,21)/b7-5+/t12-,13?,14-,16+,17+/m1/s1. The lowest BCUT2D eigenvalue weighted by Crippen LogP contribution is -2.57. The van der Waals surface area contributed by atoms with Crippen LogP contribution in [0.1, 0.15) is 39.5 Å². The zero-order valence-corrected chi connectivity index (χ0v) is 12.9. The number of carboxylic acids is 1. The molecule has 2 aliphatic carbocycles. The van der Waals surface area contributed by atoms with E-state index in [2.05, 4.69) is 13.5 Å². The maximum Gasteiger partial charge on any atom is 0.327 e. The van der Waals surface area contributed by atoms with E-state index in [1.54, 1.807) is 6.08 Å². The van der Waals surface area contributed by atoms with E-state index in [1.807, 2.05) is 6.92 Å². The SMILES string of the molecule is C=C1CCC2[C@](C)(CO)[C@H](O)CC[C@@]2(C)[C@@H]1/C=C/C(=O)O. The van der Waals surface area contributed by atoms with Crippen molar-refractivity contribution in [3.63, 3.8) is 0 Å². The molecule has 0 aromatic rings. The zero-order chi connectivity index (χ0) is 15.8. The van der Waals surface area contributed by atoms with Crippen LogP contribution in [0.2, 0.25) is 0 Å². The number of aliphatic hydroxyl groups is 2. The fourth-order valence-electron chi connectivity index (χ4n) is 4.67. The molecule has 0 aromatic heterocycles. The van der Waals surface area contributed by atoms with Crippen molar-refractivity contribution in [3.8, 4) is 0 Å². The number of allylic oxidation sites excluding steroid dienone is 2. The van der Waals surface area contributed by atoms with Crippen LogP contribution in [-0.2, 0) is 4.79 Å². The van der Waals surface area contributed by atoms with Gasteiger partial charge in [-0.2, -0.15) is 0 Å². The molecule has 2 aliphatic rings. The van der Waals surface area contributed by atoms with Gasteiger partial charge < -0.3 is 15.3 Å². The van der Waals surface area contributed by atoms with E-state index in [1.165, 1.54) is 6.08 Å². The van der Waals surface area contributed by atoms with Crippen molar-refractivity contribution in [1.29, 1.82) is 0 Å². The van der Waals surface area contributed by atoms with Crippen LogP contribution >= 0.6 is 0 Å². The zero-order valence-electron chi connectivity index (χ0n) is 12.9. The highest BCUT2D eigenvalue weighted by molar-refractivity contribution is 5.79. The number of rotatable bonds is 3. The van der Waals surface area contributed by atoms with Crippen LogP contribution in [0.3, 0.4) is 0 Å². The maximum atomic E-state index is 10.9. The number of fused-ring (bicyclic) bond motifs is 1. The first-order valence-corrected chi connectivity index (χ1v) is 7.63. The second-order valence-electron chi connectivity index (χ2n) is 7.15. The molecule has 0 radical (unpaired) electrons. The summed E-state index contributed by atoms with van der Waals surface area (Å²) < 4.78 is 0. The van der Waals surface area contributed by atoms with Gasteiger partial charge in [-0.25, -0.2) is 4.79 Å². The average Bonchev–Trinajstić information content (AvgIpc) is 2.42. The summed E-state index contributed by atoms with van der Waals surface area (Å²) in [6.07, 6.45) is 5.60. The Hall–Kier alpha value is -1.13. The van der Waals surface area contributed by atoms with Crippen molar-refractivity contribution in [2.75, 3.05) is 6.61 Å². The van der Waals surface area contributed by atoms with Gasteiger partial charge >= 0.3 is 5.97 Å². The van der Waals surface area contributed by atoms with E-state index in [0.29, 0.717) is 6.42 Å². The third-order valence-electron chi connectivity index (χ3n) is 5.99. The Morgan fingerprint density at radius 3 is 2.67 bits per heavy atom. The number of aliphatic carboxylic acids is 1. The van der Waals surface area contributed by atoms with Crippen LogP contribution < -0.4 is 0 Å². The fraction of sp³-hybridized carbons (Fsp3) is 0.706. The van der Waals surface area contributed by atoms with Gasteiger partial charge in [0.05, 0.1) is 12.7 Å². The summed E-state index contributed by atoms with van der Waals surface area (Å²) in [5.74, 6) is -0.798. The van der Waals surface area contributed by atoms with Crippen molar-refractivity contribution < 1.29 is 20.1 Å². The number of hydrogen-bond acceptors (Lipinski definition) is 3. The summed E-state index contributed by atoms with van der Waals surface area (Å²) in [7, 11) is 0. The first kappa shape index (κ1) is 16.2. The minimum Gasteiger partial charge on any atom is -0.478 e. The number of hydrogen-bond donors (Lipinski definition) is 3. The number of carbonyl (C=O) groups is 1. The first-order valence-electron chi connectivity index (χ1n) is 7.63. The summed E-state index contributed by atoms with van der Waals surface area (Å²) in [6.45, 7) is 8.19. The Bertz CT molecular complexity index is 469. The predicted octanol–water partition coefficient (Wildman–Crippen LogP) is 2.37. The van der Waals surface area contributed by atoms with Crippen molar-refractivity contribution in [3.05, 3.63) is 24.3 Å². The lowest BCUT2D eigenvalue weighted by Gasteiger charge is -2.59. The topological polar surface area (TPSA) is 77.8 Å². The Morgan fingerprint density at radius 2 is 2.10 bits per heavy atom. The summed E-state index contributed by atoms with van der Waals surface area (Å²) in [5, 5.41) is 29.1. The van der Waals surface area contributed by atoms with Crippen LogP contribution in [0.25, 0.3) is 0 Å². The minimum absolute atomic E-state index is 0.00859. The van der Waals surface area contributed by atoms with E-state index < -0.39 is 17.5 Å². The van der Waals surface area contributed by atoms with Crippen molar-refractivity contribution in [2.24, 2.45) is 22.7 Å². The van der Waals surface area contributed by atoms with Crippen LogP contribution in [0.4, 0.5) is 0 Å². The van der Waals surface area contributed by atoms with Crippen LogP contribution in [-0.4, -0.2) is 34.0 Å². The second-order valence-corrected chi connectivity index (χ2v) is 7.15. The van der Waals surface area contributed by atoms with E-state index in [0.717, 1.165) is 24.8 Å². The maximum absolute atomic E-state index is 10.9. The van der Waals surface area contributed by atoms with Gasteiger partial charge in [0, 0.05) is 17.4 Å². The van der Waals surface area contributed by atoms with E-state index in [4.69, 9.17) is 5.11 Å². The summed E-state index contributed by atoms with van der Waals surface area (Å²) >= 11 is 0. The molecule has 2 rings (SSSR count). The van der Waals surface area contributed by atoms with Gasteiger partial charge in [0.1, 0.15) is 0 Å². The molecule has 0 amide bonds. The van der Waals surface area contributed by atoms with Gasteiger partial charge in [-0.3, -0.25) is 0 Å². The van der Waals surface area contributed by atoms with Gasteiger partial charge in [-0.15, -0.1) is 0 Å². The molecule has 0 aromatic carbocycles. The number of carboxylic acid groups (broad SMARTS) is 1. The summed E-state index contributed by atoms with van der Waals surface area (Å²) in [6, 6.07) is 0. The third-order valence-corrected chi connectivity index (χ3v) is 5.99. The smallest absolute Gasteiger partial charge is 0.327 e. The monoisotopic (exact) mass is 294 g/mol. The Balaban J connectivity index is 2.40. The molecule has 118 valence electrons. The minimum atomic E-state index is -0.950. The van der Waals surface area contributed by atoms with Crippen LogP contribution in [0.15, 0.2) is 24.3 Å². The van der Waals surface area contributed by atoms with Gasteiger partial charge in [0.2, 0.25) is 0 Å². The van der Waals surface area contributed by atoms with Crippen molar-refractivity contribution in [1.82, 2.24) is 0 Å². The Morgan fingerprint density at radius 1 is 1.43 bits per heavy atom. The van der Waals surface area contributed by atoms with Gasteiger partial charge in [0.25, 0.3) is 0 Å². The average molecular weight is 294 g/mol. The highest BCUT2D eigenvalue weighted by Gasteiger charge is 2.57. The Kier molecular flexibility index (Phi) is 4.31. The lowest BCUT2D eigenvalue weighted by atomic mass is 9.46. The fourth-order valence-corrected chi connectivity index (χ4v) is 4.67. The number of aliphatic hydroxyl groups excluding tert-OH is 2. The molecule has 0 spiro atoms. The van der Waals surface area contributed by atoms with Crippen molar-refractivity contribution >= 4 is 5.97 Å². The van der Waals surface area contributed by atoms with E-state index in [9.17, 15) is 15.0 Å². The van der Waals surface area contributed by atoms with Crippen molar-refractivity contribution in [2.45, 2.75) is 45.6 Å². The highest BCUT2D eigenvalue weighted by atomic mass is 16.4. The molecule has 0 heterocycles. The molecule has 1 unspecified atom stereocenters. The van der Waals surface area contributed by atoms with Gasteiger partial charge in [-0.1, -0.05) is 32.1 Å². The van der Waals surface area contributed by atoms with Gasteiger partial charge in [-0.05, 0) is 37.0 Å². The normalized spacial score (nSPS) is 43.8.